The molecule has 0 unspecified atom stereocenters. The Labute approximate surface area is 222 Å². The lowest BCUT2D eigenvalue weighted by atomic mass is 10.1. The second kappa shape index (κ2) is 26.2. The minimum Gasteiger partial charge on any atom is -0.356 e. The molecule has 6 nitrogen and oxygen atoms in total. The van der Waals surface area contributed by atoms with Gasteiger partial charge in [-0.2, -0.15) is 0 Å². The van der Waals surface area contributed by atoms with Crippen LogP contribution in [0.1, 0.15) is 143 Å². The molecule has 0 saturated heterocycles. The molecule has 3 amide bonds. The highest BCUT2D eigenvalue weighted by atomic mass is 16.2. The van der Waals surface area contributed by atoms with Crippen molar-refractivity contribution in [2.24, 2.45) is 0 Å². The Kier molecular flexibility index (Phi) is 24.9. The Hall–Kier alpha value is -1.85. The van der Waals surface area contributed by atoms with E-state index in [0.29, 0.717) is 25.9 Å². The molecule has 0 aliphatic rings. The summed E-state index contributed by atoms with van der Waals surface area (Å²) in [5.41, 5.74) is 0. The van der Waals surface area contributed by atoms with Crippen molar-refractivity contribution in [2.45, 2.75) is 149 Å². The monoisotopic (exact) mass is 507 g/mol. The molecule has 0 aromatic heterocycles. The van der Waals surface area contributed by atoms with Gasteiger partial charge in [0.25, 0.3) is 0 Å². The molecular weight excluding hydrogens is 450 g/mol. The molecule has 0 radical (unpaired) electrons. The van der Waals surface area contributed by atoms with Crippen LogP contribution in [0.3, 0.4) is 0 Å². The van der Waals surface area contributed by atoms with E-state index < -0.39 is 6.04 Å². The zero-order chi connectivity index (χ0) is 26.7. The molecule has 3 N–H and O–H groups in total. The second-order valence-corrected chi connectivity index (χ2v) is 9.99. The predicted octanol–water partition coefficient (Wildman–Crippen LogP) is 6.73. The van der Waals surface area contributed by atoms with Gasteiger partial charge in [0.1, 0.15) is 6.04 Å². The van der Waals surface area contributed by atoms with Crippen molar-refractivity contribution in [2.75, 3.05) is 13.1 Å². The quantitative estimate of drug-likeness (QED) is 0.0945. The average Bonchev–Trinajstić information content (AvgIpc) is 2.87. The molecule has 0 aliphatic carbocycles. The molecule has 0 heterocycles. The number of amides is 3. The van der Waals surface area contributed by atoms with Crippen molar-refractivity contribution < 1.29 is 14.4 Å². The Morgan fingerprint density at radius 3 is 1.72 bits per heavy atom. The van der Waals surface area contributed by atoms with Gasteiger partial charge in [-0.25, -0.2) is 0 Å². The normalized spacial score (nSPS) is 12.0. The van der Waals surface area contributed by atoms with Gasteiger partial charge in [-0.05, 0) is 51.4 Å². The van der Waals surface area contributed by atoms with Crippen molar-refractivity contribution in [1.82, 2.24) is 16.0 Å². The highest BCUT2D eigenvalue weighted by Crippen LogP contribution is 2.11. The second-order valence-electron chi connectivity index (χ2n) is 9.99. The third-order valence-corrected chi connectivity index (χ3v) is 6.41. The topological polar surface area (TPSA) is 87.3 Å². The molecule has 0 aromatic carbocycles. The number of allylic oxidation sites excluding steroid dienone is 2. The summed E-state index contributed by atoms with van der Waals surface area (Å²) in [5.74, 6) is -0.344. The van der Waals surface area contributed by atoms with Gasteiger partial charge in [0.15, 0.2) is 0 Å². The van der Waals surface area contributed by atoms with Crippen LogP contribution >= 0.6 is 0 Å². The van der Waals surface area contributed by atoms with Crippen molar-refractivity contribution in [1.29, 1.82) is 0 Å². The SMILES string of the molecule is CCCCC/C=C/CCCCCCCCCC(=O)N[C@@H](CCC(=O)NCCCC)C(=O)NCCCC. The Morgan fingerprint density at radius 2 is 1.11 bits per heavy atom. The Balaban J connectivity index is 4.05. The third-order valence-electron chi connectivity index (χ3n) is 6.41. The van der Waals surface area contributed by atoms with E-state index in [1.807, 2.05) is 0 Å². The van der Waals surface area contributed by atoms with E-state index in [-0.39, 0.29) is 24.1 Å². The maximum atomic E-state index is 12.6. The zero-order valence-electron chi connectivity index (χ0n) is 23.8. The summed E-state index contributed by atoms with van der Waals surface area (Å²) in [6.45, 7) is 7.64. The van der Waals surface area contributed by atoms with E-state index in [9.17, 15) is 14.4 Å². The molecule has 0 aliphatic heterocycles. The van der Waals surface area contributed by atoms with Gasteiger partial charge in [-0.3, -0.25) is 14.4 Å². The van der Waals surface area contributed by atoms with Gasteiger partial charge < -0.3 is 16.0 Å². The van der Waals surface area contributed by atoms with Crippen LogP contribution < -0.4 is 16.0 Å². The van der Waals surface area contributed by atoms with Crippen LogP contribution in [0, 0.1) is 0 Å². The summed E-state index contributed by atoms with van der Waals surface area (Å²) >= 11 is 0. The standard InChI is InChI=1S/C30H57N3O3/c1-4-7-10-11-12-13-14-15-16-17-18-19-20-21-22-29(35)33-27(30(36)32-26-9-6-3)23-24-28(34)31-25-8-5-2/h12-13,27H,4-11,14-26H2,1-3H3,(H,31,34)(H,32,36)(H,33,35)/b13-12+/t27-/m0/s1. The van der Waals surface area contributed by atoms with Crippen molar-refractivity contribution in [3.05, 3.63) is 12.2 Å². The summed E-state index contributed by atoms with van der Waals surface area (Å²) < 4.78 is 0. The number of rotatable bonds is 25. The number of nitrogens with one attached hydrogen (secondary N) is 3. The lowest BCUT2D eigenvalue weighted by Crippen LogP contribution is -2.47. The Bertz CT molecular complexity index is 578. The van der Waals surface area contributed by atoms with Crippen LogP contribution in [-0.2, 0) is 14.4 Å². The number of carbonyl (C=O) groups excluding carboxylic acids is 3. The molecule has 0 bridgehead atoms. The van der Waals surface area contributed by atoms with Gasteiger partial charge in [-0.1, -0.05) is 90.7 Å². The average molecular weight is 508 g/mol. The molecule has 0 spiro atoms. The molecule has 36 heavy (non-hydrogen) atoms. The first-order chi connectivity index (χ1) is 17.5. The fourth-order valence-electron chi connectivity index (χ4n) is 3.99. The molecule has 0 rings (SSSR count). The lowest BCUT2D eigenvalue weighted by Gasteiger charge is -2.18. The molecule has 0 saturated carbocycles. The smallest absolute Gasteiger partial charge is 0.242 e. The first kappa shape index (κ1) is 34.1. The number of unbranched alkanes of at least 4 members (excludes halogenated alkanes) is 12. The minimum atomic E-state index is -0.646. The van der Waals surface area contributed by atoms with Crippen molar-refractivity contribution in [3.8, 4) is 0 Å². The van der Waals surface area contributed by atoms with E-state index >= 15 is 0 Å². The molecule has 1 atom stereocenters. The van der Waals surface area contributed by atoms with Gasteiger partial charge in [0.2, 0.25) is 17.7 Å². The highest BCUT2D eigenvalue weighted by Gasteiger charge is 2.21. The molecule has 0 aromatic rings. The maximum Gasteiger partial charge on any atom is 0.242 e. The van der Waals surface area contributed by atoms with Gasteiger partial charge >= 0.3 is 0 Å². The number of hydrogen-bond acceptors (Lipinski definition) is 3. The maximum absolute atomic E-state index is 12.6. The van der Waals surface area contributed by atoms with Crippen LogP contribution in [0.25, 0.3) is 0 Å². The highest BCUT2D eigenvalue weighted by molar-refractivity contribution is 5.88. The van der Waals surface area contributed by atoms with E-state index in [0.717, 1.165) is 44.9 Å². The number of carbonyl (C=O) groups is 3. The summed E-state index contributed by atoms with van der Waals surface area (Å²) in [6, 6.07) is -0.646. The van der Waals surface area contributed by atoms with E-state index in [2.05, 4.69) is 48.9 Å². The third kappa shape index (κ3) is 22.6. The van der Waals surface area contributed by atoms with Crippen LogP contribution in [0.4, 0.5) is 0 Å². The molecule has 210 valence electrons. The molecular formula is C30H57N3O3. The Morgan fingerprint density at radius 1 is 0.583 bits per heavy atom. The predicted molar refractivity (Wildman–Crippen MR) is 152 cm³/mol. The summed E-state index contributed by atoms with van der Waals surface area (Å²) in [7, 11) is 0. The zero-order valence-corrected chi connectivity index (χ0v) is 23.8. The van der Waals surface area contributed by atoms with Gasteiger partial charge in [0.05, 0.1) is 0 Å². The largest absolute Gasteiger partial charge is 0.356 e. The lowest BCUT2D eigenvalue weighted by molar-refractivity contribution is -0.129. The van der Waals surface area contributed by atoms with Crippen LogP contribution in [-0.4, -0.2) is 36.9 Å². The minimum absolute atomic E-state index is 0.0629. The summed E-state index contributed by atoms with van der Waals surface area (Å²) in [5, 5.41) is 8.65. The van der Waals surface area contributed by atoms with Crippen LogP contribution in [0.2, 0.25) is 0 Å². The van der Waals surface area contributed by atoms with Gasteiger partial charge in [-0.15, -0.1) is 0 Å². The molecule has 6 heteroatoms. The van der Waals surface area contributed by atoms with Crippen molar-refractivity contribution in [3.63, 3.8) is 0 Å². The van der Waals surface area contributed by atoms with Gasteiger partial charge in [0, 0.05) is 25.9 Å². The van der Waals surface area contributed by atoms with E-state index in [1.165, 1.54) is 57.8 Å². The fraction of sp³-hybridized carbons (Fsp3) is 0.833. The van der Waals surface area contributed by atoms with Crippen molar-refractivity contribution >= 4 is 17.7 Å². The van der Waals surface area contributed by atoms with Crippen LogP contribution in [0.15, 0.2) is 12.2 Å². The first-order valence-electron chi connectivity index (χ1n) is 15.0. The van der Waals surface area contributed by atoms with Crippen LogP contribution in [0.5, 0.6) is 0 Å². The number of hydrogen-bond donors (Lipinski definition) is 3. The van der Waals surface area contributed by atoms with E-state index in [1.54, 1.807) is 0 Å². The summed E-state index contributed by atoms with van der Waals surface area (Å²) in [4.78, 5) is 37.1. The first-order valence-corrected chi connectivity index (χ1v) is 15.0. The summed E-state index contributed by atoms with van der Waals surface area (Å²) in [6.07, 6.45) is 24.0. The molecule has 0 fully saturated rings. The van der Waals surface area contributed by atoms with E-state index in [4.69, 9.17) is 0 Å². The fourth-order valence-corrected chi connectivity index (χ4v) is 3.99.